The molecule has 2 aromatic carbocycles. The number of rotatable bonds is 2. The molecule has 0 spiro atoms. The molecule has 0 atom stereocenters. The minimum atomic E-state index is -0.375. The van der Waals surface area contributed by atoms with Crippen LogP contribution >= 0.6 is 15.9 Å². The lowest BCUT2D eigenvalue weighted by Crippen LogP contribution is -1.92. The van der Waals surface area contributed by atoms with E-state index in [1.807, 2.05) is 6.07 Å². The van der Waals surface area contributed by atoms with Crippen LogP contribution in [0.3, 0.4) is 0 Å². The van der Waals surface area contributed by atoms with Crippen molar-refractivity contribution in [1.82, 2.24) is 4.98 Å². The smallest absolute Gasteiger partial charge is 0.141 e. The van der Waals surface area contributed by atoms with Gasteiger partial charge in [-0.2, -0.15) is 0 Å². The van der Waals surface area contributed by atoms with Gasteiger partial charge >= 0.3 is 0 Å². The lowest BCUT2D eigenvalue weighted by Gasteiger charge is -2.10. The largest absolute Gasteiger partial charge is 0.457 e. The first kappa shape index (κ1) is 12.9. The Morgan fingerprint density at radius 1 is 1.10 bits per heavy atom. The minimum absolute atomic E-state index is 0.375. The van der Waals surface area contributed by atoms with Crippen LogP contribution in [0.1, 0.15) is 0 Å². The molecule has 0 radical (unpaired) electrons. The molecule has 3 rings (SSSR count). The Kier molecular flexibility index (Phi) is 3.28. The molecule has 1 aromatic heterocycles. The van der Waals surface area contributed by atoms with E-state index < -0.39 is 0 Å². The van der Waals surface area contributed by atoms with Crippen molar-refractivity contribution in [3.8, 4) is 11.5 Å². The standard InChI is InChI=1S/C15H10BrFN2O/c16-12-2-1-9(7-13(12)17)20-15-4-3-14(18)10-5-6-19-8-11(10)15/h1-8H,18H2. The van der Waals surface area contributed by atoms with Crippen molar-refractivity contribution in [2.24, 2.45) is 0 Å². The number of nitrogens with zero attached hydrogens (tertiary/aromatic N) is 1. The minimum Gasteiger partial charge on any atom is -0.457 e. The van der Waals surface area contributed by atoms with Gasteiger partial charge in [0.25, 0.3) is 0 Å². The van der Waals surface area contributed by atoms with Gasteiger partial charge in [0, 0.05) is 34.9 Å². The average Bonchev–Trinajstić information content (AvgIpc) is 2.46. The summed E-state index contributed by atoms with van der Waals surface area (Å²) in [6, 6.07) is 9.93. The Hall–Kier alpha value is -2.14. The van der Waals surface area contributed by atoms with Crippen LogP contribution in [0.5, 0.6) is 11.5 Å². The van der Waals surface area contributed by atoms with Gasteiger partial charge < -0.3 is 10.5 Å². The van der Waals surface area contributed by atoms with Crippen molar-refractivity contribution in [3.63, 3.8) is 0 Å². The van der Waals surface area contributed by atoms with Crippen LogP contribution in [-0.2, 0) is 0 Å². The average molecular weight is 333 g/mol. The number of halogens is 2. The third-order valence-electron chi connectivity index (χ3n) is 2.93. The van der Waals surface area contributed by atoms with E-state index in [0.717, 1.165) is 10.8 Å². The molecule has 20 heavy (non-hydrogen) atoms. The lowest BCUT2D eigenvalue weighted by molar-refractivity contribution is 0.481. The van der Waals surface area contributed by atoms with E-state index in [0.29, 0.717) is 21.7 Å². The molecule has 0 amide bonds. The highest BCUT2D eigenvalue weighted by Crippen LogP contribution is 2.33. The van der Waals surface area contributed by atoms with Crippen molar-refractivity contribution in [2.75, 3.05) is 5.73 Å². The van der Waals surface area contributed by atoms with Crippen LogP contribution < -0.4 is 10.5 Å². The number of fused-ring (bicyclic) bond motifs is 1. The molecule has 5 heteroatoms. The van der Waals surface area contributed by atoms with Crippen molar-refractivity contribution < 1.29 is 9.13 Å². The fourth-order valence-corrected chi connectivity index (χ4v) is 2.19. The van der Waals surface area contributed by atoms with Crippen LogP contribution in [-0.4, -0.2) is 4.98 Å². The van der Waals surface area contributed by atoms with Gasteiger partial charge in [-0.05, 0) is 46.3 Å². The number of hydrogen-bond donors (Lipinski definition) is 1. The molecule has 1 heterocycles. The first-order chi connectivity index (χ1) is 9.65. The van der Waals surface area contributed by atoms with Crippen molar-refractivity contribution in [3.05, 3.63) is 59.1 Å². The molecule has 3 nitrogen and oxygen atoms in total. The van der Waals surface area contributed by atoms with E-state index >= 15 is 0 Å². The molecule has 2 N–H and O–H groups in total. The van der Waals surface area contributed by atoms with E-state index in [1.165, 1.54) is 6.07 Å². The van der Waals surface area contributed by atoms with E-state index in [9.17, 15) is 4.39 Å². The maximum absolute atomic E-state index is 13.5. The molecular formula is C15H10BrFN2O. The molecule has 0 aliphatic heterocycles. The van der Waals surface area contributed by atoms with Crippen molar-refractivity contribution in [2.45, 2.75) is 0 Å². The van der Waals surface area contributed by atoms with E-state index in [2.05, 4.69) is 20.9 Å². The Morgan fingerprint density at radius 3 is 2.75 bits per heavy atom. The van der Waals surface area contributed by atoms with Crippen LogP contribution in [0.25, 0.3) is 10.8 Å². The summed E-state index contributed by atoms with van der Waals surface area (Å²) in [7, 11) is 0. The second kappa shape index (κ2) is 5.09. The second-order valence-corrected chi connectivity index (χ2v) is 5.11. The maximum Gasteiger partial charge on any atom is 0.141 e. The zero-order valence-electron chi connectivity index (χ0n) is 10.3. The maximum atomic E-state index is 13.5. The number of aromatic nitrogens is 1. The third kappa shape index (κ3) is 2.32. The molecular weight excluding hydrogens is 323 g/mol. The highest BCUT2D eigenvalue weighted by atomic mass is 79.9. The summed E-state index contributed by atoms with van der Waals surface area (Å²) in [6.07, 6.45) is 3.35. The molecule has 3 aromatic rings. The van der Waals surface area contributed by atoms with Gasteiger partial charge in [0.15, 0.2) is 0 Å². The quantitative estimate of drug-likeness (QED) is 0.702. The number of ether oxygens (including phenoxy) is 1. The van der Waals surface area contributed by atoms with Gasteiger partial charge in [0.2, 0.25) is 0 Å². The first-order valence-electron chi connectivity index (χ1n) is 5.90. The van der Waals surface area contributed by atoms with Crippen LogP contribution in [0, 0.1) is 5.82 Å². The highest BCUT2D eigenvalue weighted by Gasteiger charge is 2.08. The predicted octanol–water partition coefficient (Wildman–Crippen LogP) is 4.51. The number of nitrogens with two attached hydrogens (primary N) is 1. The van der Waals surface area contributed by atoms with Crippen LogP contribution in [0.15, 0.2) is 53.3 Å². The third-order valence-corrected chi connectivity index (χ3v) is 3.57. The molecule has 0 bridgehead atoms. The summed E-state index contributed by atoms with van der Waals surface area (Å²) in [5.74, 6) is 0.630. The summed E-state index contributed by atoms with van der Waals surface area (Å²) >= 11 is 3.11. The Morgan fingerprint density at radius 2 is 1.95 bits per heavy atom. The summed E-state index contributed by atoms with van der Waals surface area (Å²) in [4.78, 5) is 4.07. The van der Waals surface area contributed by atoms with Gasteiger partial charge in [-0.1, -0.05) is 0 Å². The van der Waals surface area contributed by atoms with Gasteiger partial charge in [0.1, 0.15) is 17.3 Å². The van der Waals surface area contributed by atoms with E-state index in [4.69, 9.17) is 10.5 Å². The summed E-state index contributed by atoms with van der Waals surface area (Å²) < 4.78 is 19.6. The van der Waals surface area contributed by atoms with Crippen molar-refractivity contribution in [1.29, 1.82) is 0 Å². The number of benzene rings is 2. The first-order valence-corrected chi connectivity index (χ1v) is 6.69. The number of nitrogen functional groups attached to an aromatic ring is 1. The van der Waals surface area contributed by atoms with Gasteiger partial charge in [-0.15, -0.1) is 0 Å². The predicted molar refractivity (Wildman–Crippen MR) is 80.3 cm³/mol. The highest BCUT2D eigenvalue weighted by molar-refractivity contribution is 9.10. The molecule has 0 fully saturated rings. The Bertz CT molecular complexity index is 792. The molecule has 0 aliphatic carbocycles. The SMILES string of the molecule is Nc1ccc(Oc2ccc(Br)c(F)c2)c2cnccc12. The number of pyridine rings is 1. The van der Waals surface area contributed by atoms with Gasteiger partial charge in [0.05, 0.1) is 4.47 Å². The number of hydrogen-bond acceptors (Lipinski definition) is 3. The van der Waals surface area contributed by atoms with E-state index in [-0.39, 0.29) is 5.82 Å². The molecule has 0 saturated heterocycles. The summed E-state index contributed by atoms with van der Waals surface area (Å²) in [6.45, 7) is 0. The van der Waals surface area contributed by atoms with Gasteiger partial charge in [-0.25, -0.2) is 4.39 Å². The molecule has 0 saturated carbocycles. The number of anilines is 1. The van der Waals surface area contributed by atoms with Crippen LogP contribution in [0.2, 0.25) is 0 Å². The van der Waals surface area contributed by atoms with Crippen LogP contribution in [0.4, 0.5) is 10.1 Å². The monoisotopic (exact) mass is 332 g/mol. The van der Waals surface area contributed by atoms with E-state index in [1.54, 1.807) is 36.7 Å². The summed E-state index contributed by atoms with van der Waals surface area (Å²) in [5.41, 5.74) is 6.56. The molecule has 0 aliphatic rings. The normalized spacial score (nSPS) is 10.7. The second-order valence-electron chi connectivity index (χ2n) is 4.25. The Labute approximate surface area is 123 Å². The van der Waals surface area contributed by atoms with Gasteiger partial charge in [-0.3, -0.25) is 4.98 Å². The fourth-order valence-electron chi connectivity index (χ4n) is 1.94. The Balaban J connectivity index is 2.06. The lowest BCUT2D eigenvalue weighted by atomic mass is 10.1. The fraction of sp³-hybridized carbons (Fsp3) is 0. The zero-order chi connectivity index (χ0) is 14.1. The topological polar surface area (TPSA) is 48.1 Å². The zero-order valence-corrected chi connectivity index (χ0v) is 11.9. The molecule has 0 unspecified atom stereocenters. The van der Waals surface area contributed by atoms with Crippen molar-refractivity contribution >= 4 is 32.4 Å². The molecule has 100 valence electrons. The summed E-state index contributed by atoms with van der Waals surface area (Å²) in [5, 5.41) is 1.64.